The number of hydrogen-bond donors (Lipinski definition) is 2. The van der Waals surface area contributed by atoms with Crippen molar-refractivity contribution in [3.8, 4) is 0 Å². The van der Waals surface area contributed by atoms with Gasteiger partial charge in [0.25, 0.3) is 5.56 Å². The van der Waals surface area contributed by atoms with Gasteiger partial charge in [0.1, 0.15) is 6.54 Å². The summed E-state index contributed by atoms with van der Waals surface area (Å²) in [6.45, 7) is 7.08. The second-order valence-corrected chi connectivity index (χ2v) is 6.73. The monoisotopic (exact) mass is 335 g/mol. The number of piperazine rings is 1. The van der Waals surface area contributed by atoms with E-state index >= 15 is 0 Å². The van der Waals surface area contributed by atoms with Gasteiger partial charge in [0, 0.05) is 5.69 Å². The minimum atomic E-state index is -0.0430. The summed E-state index contributed by atoms with van der Waals surface area (Å²) in [4.78, 5) is 23.7. The van der Waals surface area contributed by atoms with Crippen LogP contribution < -0.4 is 15.4 Å². The minimum Gasteiger partial charge on any atom is -0.360 e. The van der Waals surface area contributed by atoms with Crippen molar-refractivity contribution in [2.45, 2.75) is 13.5 Å². The van der Waals surface area contributed by atoms with Crippen molar-refractivity contribution in [1.82, 2.24) is 9.97 Å². The Hall–Kier alpha value is -2.66. The predicted octanol–water partition coefficient (Wildman–Crippen LogP) is 1.14. The molecule has 1 aromatic heterocycles. The van der Waals surface area contributed by atoms with Crippen molar-refractivity contribution >= 4 is 16.6 Å². The zero-order chi connectivity index (χ0) is 17.2. The molecule has 0 bridgehead atoms. The molecule has 5 heteroatoms. The number of nitrogens with zero attached hydrogens (tertiary/aromatic N) is 2. The summed E-state index contributed by atoms with van der Waals surface area (Å²) in [5, 5.41) is 0.658. The molecule has 0 spiro atoms. The van der Waals surface area contributed by atoms with E-state index in [0.717, 1.165) is 44.1 Å². The van der Waals surface area contributed by atoms with Crippen molar-refractivity contribution < 1.29 is 4.90 Å². The van der Waals surface area contributed by atoms with Crippen LogP contribution in [-0.2, 0) is 6.54 Å². The summed E-state index contributed by atoms with van der Waals surface area (Å²) in [5.74, 6) is 0.781. The highest BCUT2D eigenvalue weighted by Crippen LogP contribution is 2.18. The van der Waals surface area contributed by atoms with Crippen LogP contribution in [0, 0.1) is 6.92 Å². The van der Waals surface area contributed by atoms with Gasteiger partial charge in [0.05, 0.1) is 37.1 Å². The van der Waals surface area contributed by atoms with Gasteiger partial charge in [0.2, 0.25) is 0 Å². The number of aromatic nitrogens is 2. The summed E-state index contributed by atoms with van der Waals surface area (Å²) < 4.78 is 0. The Labute approximate surface area is 146 Å². The van der Waals surface area contributed by atoms with Gasteiger partial charge in [-0.3, -0.25) is 4.79 Å². The van der Waals surface area contributed by atoms with Gasteiger partial charge in [-0.05, 0) is 30.7 Å². The van der Waals surface area contributed by atoms with E-state index in [4.69, 9.17) is 0 Å². The average Bonchev–Trinajstić information content (AvgIpc) is 2.63. The number of benzene rings is 2. The molecule has 1 aliphatic heterocycles. The molecule has 2 heterocycles. The lowest BCUT2D eigenvalue weighted by Crippen LogP contribution is -3.13. The van der Waals surface area contributed by atoms with Gasteiger partial charge in [-0.1, -0.05) is 30.3 Å². The molecular formula is C20H23N4O+. The first-order valence-electron chi connectivity index (χ1n) is 8.83. The van der Waals surface area contributed by atoms with Gasteiger partial charge in [-0.25, -0.2) is 4.98 Å². The number of fused-ring (bicyclic) bond motifs is 1. The van der Waals surface area contributed by atoms with E-state index in [9.17, 15) is 4.79 Å². The Balaban J connectivity index is 1.45. The number of aryl methyl sites for hydroxylation is 1. The summed E-state index contributed by atoms with van der Waals surface area (Å²) in [5.41, 5.74) is 3.39. The van der Waals surface area contributed by atoms with E-state index in [1.54, 1.807) is 0 Å². The number of nitrogens with one attached hydrogen (secondary N) is 2. The van der Waals surface area contributed by atoms with Crippen LogP contribution in [0.25, 0.3) is 10.9 Å². The molecule has 0 radical (unpaired) electrons. The van der Waals surface area contributed by atoms with E-state index in [0.29, 0.717) is 5.39 Å². The van der Waals surface area contributed by atoms with E-state index in [2.05, 4.69) is 46.1 Å². The average molecular weight is 335 g/mol. The summed E-state index contributed by atoms with van der Waals surface area (Å²) in [6, 6.07) is 16.1. The molecule has 1 fully saturated rings. The molecular weight excluding hydrogens is 312 g/mol. The summed E-state index contributed by atoms with van der Waals surface area (Å²) >= 11 is 0. The van der Waals surface area contributed by atoms with Crippen molar-refractivity contribution in [2.75, 3.05) is 31.1 Å². The molecule has 128 valence electrons. The quantitative estimate of drug-likeness (QED) is 0.755. The van der Waals surface area contributed by atoms with E-state index < -0.39 is 0 Å². The number of aromatic amines is 1. The molecule has 4 rings (SSSR count). The van der Waals surface area contributed by atoms with E-state index in [1.165, 1.54) is 16.2 Å². The van der Waals surface area contributed by atoms with Crippen LogP contribution in [0.3, 0.4) is 0 Å². The highest BCUT2D eigenvalue weighted by Gasteiger charge is 2.22. The molecule has 0 saturated carbocycles. The zero-order valence-corrected chi connectivity index (χ0v) is 14.5. The molecule has 2 N–H and O–H groups in total. The third-order valence-corrected chi connectivity index (χ3v) is 5.01. The third kappa shape index (κ3) is 3.28. The van der Waals surface area contributed by atoms with Crippen LogP contribution in [0.4, 0.5) is 5.69 Å². The molecule has 25 heavy (non-hydrogen) atoms. The Bertz CT molecular complexity index is 942. The van der Waals surface area contributed by atoms with Gasteiger partial charge in [-0.15, -0.1) is 0 Å². The lowest BCUT2D eigenvalue weighted by Gasteiger charge is -2.34. The van der Waals surface area contributed by atoms with Crippen LogP contribution in [0.2, 0.25) is 0 Å². The molecule has 1 saturated heterocycles. The fraction of sp³-hybridized carbons (Fsp3) is 0.300. The van der Waals surface area contributed by atoms with Crippen LogP contribution >= 0.6 is 0 Å². The van der Waals surface area contributed by atoms with Crippen LogP contribution in [0.5, 0.6) is 0 Å². The molecule has 5 nitrogen and oxygen atoms in total. The van der Waals surface area contributed by atoms with Gasteiger partial charge in [-0.2, -0.15) is 0 Å². The van der Waals surface area contributed by atoms with Crippen molar-refractivity contribution in [2.24, 2.45) is 0 Å². The highest BCUT2D eigenvalue weighted by atomic mass is 16.1. The Morgan fingerprint density at radius 1 is 1.08 bits per heavy atom. The molecule has 0 amide bonds. The summed E-state index contributed by atoms with van der Waals surface area (Å²) in [7, 11) is 0. The minimum absolute atomic E-state index is 0.0430. The van der Waals surface area contributed by atoms with Crippen molar-refractivity contribution in [3.05, 3.63) is 70.3 Å². The lowest BCUT2D eigenvalue weighted by molar-refractivity contribution is -0.915. The smallest absolute Gasteiger partial charge is 0.258 e. The number of quaternary nitrogens is 1. The van der Waals surface area contributed by atoms with Crippen LogP contribution in [0.1, 0.15) is 11.4 Å². The summed E-state index contributed by atoms with van der Waals surface area (Å²) in [6.07, 6.45) is 0. The fourth-order valence-corrected chi connectivity index (χ4v) is 3.61. The number of rotatable bonds is 3. The first-order valence-corrected chi connectivity index (χ1v) is 8.83. The lowest BCUT2D eigenvalue weighted by atomic mass is 10.1. The van der Waals surface area contributed by atoms with Gasteiger partial charge in [0.15, 0.2) is 5.82 Å². The molecule has 0 aliphatic carbocycles. The molecule has 0 atom stereocenters. The third-order valence-electron chi connectivity index (χ3n) is 5.01. The van der Waals surface area contributed by atoms with Crippen LogP contribution in [-0.4, -0.2) is 36.1 Å². The molecule has 1 aliphatic rings. The second-order valence-electron chi connectivity index (χ2n) is 6.73. The normalized spacial score (nSPS) is 15.6. The first kappa shape index (κ1) is 15.8. The molecule has 3 aromatic rings. The SMILES string of the molecule is Cc1ccccc1N1CC[NH+](Cc2nc3ccccc3c(=O)[nH]2)CC1. The topological polar surface area (TPSA) is 53.4 Å². The van der Waals surface area contributed by atoms with Gasteiger partial charge >= 0.3 is 0 Å². The van der Waals surface area contributed by atoms with E-state index in [-0.39, 0.29) is 5.56 Å². The maximum absolute atomic E-state index is 12.2. The second kappa shape index (κ2) is 6.69. The standard InChI is InChI=1S/C20H22N4O/c1-15-6-2-5-9-18(15)24-12-10-23(11-13-24)14-19-21-17-8-4-3-7-16(17)20(25)22-19/h2-9H,10-14H2,1H3,(H,21,22,25)/p+1. The largest absolute Gasteiger partial charge is 0.360 e. The van der Waals surface area contributed by atoms with Crippen LogP contribution in [0.15, 0.2) is 53.3 Å². The van der Waals surface area contributed by atoms with E-state index in [1.807, 2.05) is 24.3 Å². The highest BCUT2D eigenvalue weighted by molar-refractivity contribution is 5.77. The number of anilines is 1. The predicted molar refractivity (Wildman–Crippen MR) is 100 cm³/mol. The maximum Gasteiger partial charge on any atom is 0.258 e. The fourth-order valence-electron chi connectivity index (χ4n) is 3.61. The Morgan fingerprint density at radius 2 is 1.80 bits per heavy atom. The maximum atomic E-state index is 12.2. The number of para-hydroxylation sites is 2. The molecule has 0 unspecified atom stereocenters. The Morgan fingerprint density at radius 3 is 2.60 bits per heavy atom. The van der Waals surface area contributed by atoms with Crippen molar-refractivity contribution in [3.63, 3.8) is 0 Å². The first-order chi connectivity index (χ1) is 12.2. The number of hydrogen-bond acceptors (Lipinski definition) is 3. The Kier molecular flexibility index (Phi) is 4.24. The van der Waals surface area contributed by atoms with Crippen molar-refractivity contribution in [1.29, 1.82) is 0 Å². The molecule has 2 aromatic carbocycles. The van der Waals surface area contributed by atoms with Gasteiger partial charge < -0.3 is 14.8 Å². The zero-order valence-electron chi connectivity index (χ0n) is 14.5. The number of H-pyrrole nitrogens is 1.